The van der Waals surface area contributed by atoms with Gasteiger partial charge in [0.15, 0.2) is 0 Å². The van der Waals surface area contributed by atoms with E-state index >= 15 is 0 Å². The van der Waals surface area contributed by atoms with Crippen LogP contribution in [0.4, 0.5) is 0 Å². The van der Waals surface area contributed by atoms with Crippen LogP contribution < -0.4 is 10.5 Å². The summed E-state index contributed by atoms with van der Waals surface area (Å²) in [4.78, 5) is 10.7. The Bertz CT molecular complexity index is 389. The number of nitrogens with two attached hydrogens (primary N) is 1. The summed E-state index contributed by atoms with van der Waals surface area (Å²) in [5.74, 6) is 0.270. The lowest BCUT2D eigenvalue weighted by molar-refractivity contribution is -0.117. The van der Waals surface area contributed by atoms with Crippen LogP contribution in [0.2, 0.25) is 0 Å². The van der Waals surface area contributed by atoms with E-state index < -0.39 is 6.10 Å². The van der Waals surface area contributed by atoms with Gasteiger partial charge in [0, 0.05) is 0 Å². The summed E-state index contributed by atoms with van der Waals surface area (Å²) < 4.78 is 10.7. The maximum absolute atomic E-state index is 10.7. The Balaban J connectivity index is 2.35. The van der Waals surface area contributed by atoms with Crippen molar-refractivity contribution in [2.75, 3.05) is 13.2 Å². The molecule has 0 bridgehead atoms. The van der Waals surface area contributed by atoms with E-state index in [9.17, 15) is 9.90 Å². The first kappa shape index (κ1) is 15.5. The van der Waals surface area contributed by atoms with Crippen molar-refractivity contribution in [1.29, 1.82) is 0 Å². The van der Waals surface area contributed by atoms with Crippen LogP contribution in [0, 0.1) is 0 Å². The van der Waals surface area contributed by atoms with Gasteiger partial charge in [0.05, 0.1) is 19.1 Å². The van der Waals surface area contributed by atoms with Crippen molar-refractivity contribution in [3.05, 3.63) is 29.8 Å². The third kappa shape index (κ3) is 6.79. The van der Waals surface area contributed by atoms with Crippen molar-refractivity contribution >= 4 is 5.91 Å². The monoisotopic (exact) mass is 267 g/mol. The smallest absolute Gasteiger partial charge is 0.221 e. The Kier molecular flexibility index (Phi) is 6.32. The van der Waals surface area contributed by atoms with Gasteiger partial charge in [-0.2, -0.15) is 0 Å². The first-order valence-electron chi connectivity index (χ1n) is 6.27. The zero-order valence-electron chi connectivity index (χ0n) is 11.3. The molecular weight excluding hydrogens is 246 g/mol. The molecule has 1 rings (SSSR count). The van der Waals surface area contributed by atoms with Crippen LogP contribution in [-0.4, -0.2) is 36.4 Å². The van der Waals surface area contributed by atoms with Crippen LogP contribution in [-0.2, 0) is 16.0 Å². The third-order valence-corrected chi connectivity index (χ3v) is 2.37. The largest absolute Gasteiger partial charge is 0.491 e. The number of hydrogen-bond acceptors (Lipinski definition) is 4. The van der Waals surface area contributed by atoms with E-state index in [1.54, 1.807) is 24.3 Å². The molecular formula is C14H21NO4. The van der Waals surface area contributed by atoms with Crippen LogP contribution in [0.3, 0.4) is 0 Å². The van der Waals surface area contributed by atoms with E-state index in [0.717, 1.165) is 5.56 Å². The molecule has 0 radical (unpaired) electrons. The predicted octanol–water partition coefficient (Wildman–Crippen LogP) is 0.879. The minimum Gasteiger partial charge on any atom is -0.491 e. The Morgan fingerprint density at radius 3 is 2.42 bits per heavy atom. The Hall–Kier alpha value is -1.59. The van der Waals surface area contributed by atoms with Gasteiger partial charge < -0.3 is 20.3 Å². The van der Waals surface area contributed by atoms with Gasteiger partial charge in [-0.3, -0.25) is 4.79 Å². The maximum Gasteiger partial charge on any atom is 0.221 e. The molecule has 1 aromatic carbocycles. The Morgan fingerprint density at radius 2 is 1.89 bits per heavy atom. The SMILES string of the molecule is CC(C)OCC(O)COc1ccc(CC(N)=O)cc1. The topological polar surface area (TPSA) is 81.8 Å². The van der Waals surface area contributed by atoms with Gasteiger partial charge in [0.1, 0.15) is 18.5 Å². The molecule has 0 spiro atoms. The summed E-state index contributed by atoms with van der Waals surface area (Å²) in [7, 11) is 0. The molecule has 0 aliphatic carbocycles. The molecule has 1 aromatic rings. The molecule has 19 heavy (non-hydrogen) atoms. The fourth-order valence-corrected chi connectivity index (χ4v) is 1.45. The van der Waals surface area contributed by atoms with Crippen LogP contribution >= 0.6 is 0 Å². The molecule has 0 fully saturated rings. The minimum atomic E-state index is -0.660. The molecule has 3 N–H and O–H groups in total. The number of benzene rings is 1. The fraction of sp³-hybridized carbons (Fsp3) is 0.500. The summed E-state index contributed by atoms with van der Waals surface area (Å²) in [5, 5.41) is 9.62. The molecule has 0 saturated heterocycles. The fourth-order valence-electron chi connectivity index (χ4n) is 1.45. The summed E-state index contributed by atoms with van der Waals surface area (Å²) >= 11 is 0. The molecule has 1 amide bonds. The molecule has 106 valence electrons. The number of ether oxygens (including phenoxy) is 2. The van der Waals surface area contributed by atoms with Crippen LogP contribution in [0.25, 0.3) is 0 Å². The van der Waals surface area contributed by atoms with E-state index in [1.165, 1.54) is 0 Å². The standard InChI is InChI=1S/C14H21NO4/c1-10(2)18-8-12(16)9-19-13-5-3-11(4-6-13)7-14(15)17/h3-6,10,12,16H,7-9H2,1-2H3,(H2,15,17). The highest BCUT2D eigenvalue weighted by molar-refractivity contribution is 5.76. The average Bonchev–Trinajstić information content (AvgIpc) is 2.35. The number of primary amides is 1. The highest BCUT2D eigenvalue weighted by Crippen LogP contribution is 2.12. The molecule has 1 atom stereocenters. The number of aliphatic hydroxyl groups is 1. The molecule has 0 aliphatic heterocycles. The molecule has 0 aliphatic rings. The molecule has 0 heterocycles. The number of carbonyl (C=O) groups is 1. The minimum absolute atomic E-state index is 0.0859. The van der Waals surface area contributed by atoms with E-state index in [1.807, 2.05) is 13.8 Å². The van der Waals surface area contributed by atoms with Crippen molar-refractivity contribution in [3.8, 4) is 5.75 Å². The van der Waals surface area contributed by atoms with Crippen LogP contribution in [0.1, 0.15) is 19.4 Å². The van der Waals surface area contributed by atoms with E-state index in [2.05, 4.69) is 0 Å². The molecule has 1 unspecified atom stereocenters. The van der Waals surface area contributed by atoms with Crippen molar-refractivity contribution in [1.82, 2.24) is 0 Å². The summed E-state index contributed by atoms with van der Waals surface area (Å²) in [6.45, 7) is 4.23. The molecule has 0 saturated carbocycles. The lowest BCUT2D eigenvalue weighted by Crippen LogP contribution is -2.25. The van der Waals surface area contributed by atoms with Gasteiger partial charge in [0.25, 0.3) is 0 Å². The highest BCUT2D eigenvalue weighted by atomic mass is 16.5. The van der Waals surface area contributed by atoms with Gasteiger partial charge in [-0.1, -0.05) is 12.1 Å². The number of rotatable bonds is 8. The predicted molar refractivity (Wildman–Crippen MR) is 71.9 cm³/mol. The highest BCUT2D eigenvalue weighted by Gasteiger charge is 2.07. The summed E-state index contributed by atoms with van der Waals surface area (Å²) in [5.41, 5.74) is 5.94. The molecule has 5 nitrogen and oxygen atoms in total. The number of amides is 1. The van der Waals surface area contributed by atoms with Crippen molar-refractivity contribution in [2.24, 2.45) is 5.73 Å². The van der Waals surface area contributed by atoms with Crippen LogP contribution in [0.15, 0.2) is 24.3 Å². The van der Waals surface area contributed by atoms with Gasteiger partial charge in [-0.05, 0) is 31.5 Å². The summed E-state index contributed by atoms with van der Waals surface area (Å²) in [6.07, 6.45) is -0.360. The quantitative estimate of drug-likeness (QED) is 0.732. The van der Waals surface area contributed by atoms with Crippen molar-refractivity contribution in [3.63, 3.8) is 0 Å². The Labute approximate surface area is 113 Å². The number of aliphatic hydroxyl groups excluding tert-OH is 1. The van der Waals surface area contributed by atoms with Gasteiger partial charge >= 0.3 is 0 Å². The van der Waals surface area contributed by atoms with Crippen LogP contribution in [0.5, 0.6) is 5.75 Å². The van der Waals surface area contributed by atoms with E-state index in [-0.39, 0.29) is 31.6 Å². The Morgan fingerprint density at radius 1 is 1.26 bits per heavy atom. The zero-order chi connectivity index (χ0) is 14.3. The maximum atomic E-state index is 10.7. The lowest BCUT2D eigenvalue weighted by Gasteiger charge is -2.14. The van der Waals surface area contributed by atoms with Crippen molar-refractivity contribution < 1.29 is 19.4 Å². The second kappa shape index (κ2) is 7.76. The number of carbonyl (C=O) groups excluding carboxylic acids is 1. The third-order valence-electron chi connectivity index (χ3n) is 2.37. The second-order valence-electron chi connectivity index (χ2n) is 4.63. The molecule has 5 heteroatoms. The second-order valence-corrected chi connectivity index (χ2v) is 4.63. The first-order chi connectivity index (χ1) is 8.97. The number of hydrogen-bond donors (Lipinski definition) is 2. The lowest BCUT2D eigenvalue weighted by atomic mass is 10.1. The van der Waals surface area contributed by atoms with Gasteiger partial charge in [-0.15, -0.1) is 0 Å². The van der Waals surface area contributed by atoms with E-state index in [0.29, 0.717) is 5.75 Å². The van der Waals surface area contributed by atoms with Gasteiger partial charge in [0.2, 0.25) is 5.91 Å². The normalized spacial score (nSPS) is 12.4. The first-order valence-corrected chi connectivity index (χ1v) is 6.27. The van der Waals surface area contributed by atoms with Gasteiger partial charge in [-0.25, -0.2) is 0 Å². The molecule has 0 aromatic heterocycles. The van der Waals surface area contributed by atoms with E-state index in [4.69, 9.17) is 15.2 Å². The zero-order valence-corrected chi connectivity index (χ0v) is 11.3. The average molecular weight is 267 g/mol. The summed E-state index contributed by atoms with van der Waals surface area (Å²) in [6, 6.07) is 7.04. The van der Waals surface area contributed by atoms with Crippen molar-refractivity contribution in [2.45, 2.75) is 32.5 Å².